The molecule has 1 fully saturated rings. The molecule has 5 heteroatoms. The van der Waals surface area contributed by atoms with E-state index in [9.17, 15) is 0 Å². The fourth-order valence-corrected chi connectivity index (χ4v) is 2.34. The molecule has 20 heavy (non-hydrogen) atoms. The van der Waals surface area contributed by atoms with Crippen LogP contribution in [0.1, 0.15) is 19.4 Å². The molecule has 0 atom stereocenters. The summed E-state index contributed by atoms with van der Waals surface area (Å²) < 4.78 is 5.58. The number of nitriles is 1. The molecule has 1 saturated heterocycles. The van der Waals surface area contributed by atoms with Gasteiger partial charge in [-0.05, 0) is 26.0 Å². The Bertz CT molecular complexity index is 461. The van der Waals surface area contributed by atoms with E-state index >= 15 is 0 Å². The van der Waals surface area contributed by atoms with Crippen molar-refractivity contribution in [2.75, 3.05) is 44.2 Å². The van der Waals surface area contributed by atoms with Gasteiger partial charge in [0.2, 0.25) is 0 Å². The molecule has 0 spiro atoms. The van der Waals surface area contributed by atoms with Crippen molar-refractivity contribution in [3.05, 3.63) is 23.9 Å². The van der Waals surface area contributed by atoms with E-state index in [2.05, 4.69) is 34.7 Å². The van der Waals surface area contributed by atoms with Crippen molar-refractivity contribution in [1.82, 2.24) is 9.88 Å². The van der Waals surface area contributed by atoms with Gasteiger partial charge in [0.15, 0.2) is 0 Å². The first-order valence-corrected chi connectivity index (χ1v) is 7.14. The van der Waals surface area contributed by atoms with Gasteiger partial charge in [-0.25, -0.2) is 4.98 Å². The quantitative estimate of drug-likeness (QED) is 0.814. The maximum atomic E-state index is 9.13. The first kappa shape index (κ1) is 14.8. The van der Waals surface area contributed by atoms with Crippen molar-refractivity contribution in [1.29, 1.82) is 5.26 Å². The average molecular weight is 274 g/mol. The van der Waals surface area contributed by atoms with Gasteiger partial charge in [0.25, 0.3) is 0 Å². The zero-order valence-corrected chi connectivity index (χ0v) is 12.2. The topological polar surface area (TPSA) is 52.4 Å². The number of piperazine rings is 1. The largest absolute Gasteiger partial charge is 0.377 e. The van der Waals surface area contributed by atoms with Crippen molar-refractivity contribution in [3.8, 4) is 6.07 Å². The summed E-state index contributed by atoms with van der Waals surface area (Å²) in [5, 5.41) is 9.13. The fraction of sp³-hybridized carbons (Fsp3) is 0.600. The Balaban J connectivity index is 1.84. The van der Waals surface area contributed by atoms with Gasteiger partial charge in [0, 0.05) is 38.9 Å². The maximum Gasteiger partial charge on any atom is 0.146 e. The van der Waals surface area contributed by atoms with E-state index in [1.807, 2.05) is 12.1 Å². The van der Waals surface area contributed by atoms with E-state index in [0.29, 0.717) is 11.7 Å². The van der Waals surface area contributed by atoms with E-state index in [-0.39, 0.29) is 0 Å². The van der Waals surface area contributed by atoms with Crippen LogP contribution in [0.5, 0.6) is 0 Å². The van der Waals surface area contributed by atoms with E-state index in [4.69, 9.17) is 10.00 Å². The first-order chi connectivity index (χ1) is 9.70. The molecule has 0 radical (unpaired) electrons. The summed E-state index contributed by atoms with van der Waals surface area (Å²) in [6.07, 6.45) is 2.04. The number of anilines is 1. The molecular formula is C15H22N4O. The van der Waals surface area contributed by atoms with Crippen molar-refractivity contribution in [2.24, 2.45) is 0 Å². The highest BCUT2D eigenvalue weighted by molar-refractivity contribution is 5.53. The van der Waals surface area contributed by atoms with Crippen LogP contribution < -0.4 is 4.90 Å². The molecule has 1 aromatic rings. The summed E-state index contributed by atoms with van der Waals surface area (Å²) in [6, 6.07) is 5.84. The molecule has 1 aromatic heterocycles. The monoisotopic (exact) mass is 274 g/mol. The lowest BCUT2D eigenvalue weighted by molar-refractivity contribution is 0.0578. The second-order valence-electron chi connectivity index (χ2n) is 5.23. The summed E-state index contributed by atoms with van der Waals surface area (Å²) in [7, 11) is 0. The molecule has 0 N–H and O–H groups in total. The lowest BCUT2D eigenvalue weighted by Crippen LogP contribution is -2.47. The minimum atomic E-state index is 0.294. The number of aromatic nitrogens is 1. The molecule has 0 saturated carbocycles. The zero-order chi connectivity index (χ0) is 14.4. The highest BCUT2D eigenvalue weighted by atomic mass is 16.5. The van der Waals surface area contributed by atoms with Crippen LogP contribution in [-0.2, 0) is 4.74 Å². The second-order valence-corrected chi connectivity index (χ2v) is 5.23. The van der Waals surface area contributed by atoms with Crippen molar-refractivity contribution in [3.63, 3.8) is 0 Å². The third-order valence-electron chi connectivity index (χ3n) is 3.44. The minimum Gasteiger partial charge on any atom is -0.377 e. The van der Waals surface area contributed by atoms with E-state index in [1.54, 1.807) is 6.20 Å². The Morgan fingerprint density at radius 2 is 2.10 bits per heavy atom. The molecule has 1 aliphatic rings. The predicted molar refractivity (Wildman–Crippen MR) is 78.7 cm³/mol. The molecular weight excluding hydrogens is 252 g/mol. The van der Waals surface area contributed by atoms with Crippen LogP contribution in [0, 0.1) is 11.3 Å². The minimum absolute atomic E-state index is 0.294. The van der Waals surface area contributed by atoms with Crippen LogP contribution in [0.2, 0.25) is 0 Å². The summed E-state index contributed by atoms with van der Waals surface area (Å²) >= 11 is 0. The van der Waals surface area contributed by atoms with Gasteiger partial charge in [0.1, 0.15) is 11.9 Å². The standard InChI is InChI=1S/C15H22N4O/c1-13(2)20-11-10-18-6-8-19(9-7-18)15-14(12-16)4-3-5-17-15/h3-5,13H,6-11H2,1-2H3. The molecule has 0 aliphatic carbocycles. The molecule has 1 aliphatic heterocycles. The molecule has 0 aromatic carbocycles. The Labute approximate surface area is 120 Å². The van der Waals surface area contributed by atoms with Crippen LogP contribution in [0.25, 0.3) is 0 Å². The van der Waals surface area contributed by atoms with E-state index in [0.717, 1.165) is 45.1 Å². The molecule has 0 unspecified atom stereocenters. The molecule has 0 amide bonds. The summed E-state index contributed by atoms with van der Waals surface area (Å²) in [4.78, 5) is 8.93. The van der Waals surface area contributed by atoms with Crippen LogP contribution in [-0.4, -0.2) is 55.3 Å². The van der Waals surface area contributed by atoms with Crippen LogP contribution >= 0.6 is 0 Å². The highest BCUT2D eigenvalue weighted by Gasteiger charge is 2.19. The van der Waals surface area contributed by atoms with Crippen molar-refractivity contribution < 1.29 is 4.74 Å². The predicted octanol–water partition coefficient (Wildman–Crippen LogP) is 1.50. The number of pyridine rings is 1. The smallest absolute Gasteiger partial charge is 0.146 e. The Kier molecular flexibility index (Phi) is 5.33. The number of rotatable bonds is 5. The van der Waals surface area contributed by atoms with Crippen LogP contribution in [0.15, 0.2) is 18.3 Å². The Hall–Kier alpha value is -1.64. The van der Waals surface area contributed by atoms with Crippen LogP contribution in [0.4, 0.5) is 5.82 Å². The SMILES string of the molecule is CC(C)OCCN1CCN(c2ncccc2C#N)CC1. The third-order valence-corrected chi connectivity index (χ3v) is 3.44. The van der Waals surface area contributed by atoms with Gasteiger partial charge < -0.3 is 9.64 Å². The first-order valence-electron chi connectivity index (χ1n) is 7.14. The normalized spacial score (nSPS) is 16.4. The lowest BCUT2D eigenvalue weighted by atomic mass is 10.2. The van der Waals surface area contributed by atoms with Gasteiger partial charge in [-0.3, -0.25) is 4.90 Å². The summed E-state index contributed by atoms with van der Waals surface area (Å²) in [5.41, 5.74) is 0.657. The van der Waals surface area contributed by atoms with Gasteiger partial charge in [-0.1, -0.05) is 0 Å². The van der Waals surface area contributed by atoms with Gasteiger partial charge in [0.05, 0.1) is 18.3 Å². The maximum absolute atomic E-state index is 9.13. The molecule has 5 nitrogen and oxygen atoms in total. The fourth-order valence-electron chi connectivity index (χ4n) is 2.34. The van der Waals surface area contributed by atoms with Crippen molar-refractivity contribution in [2.45, 2.75) is 20.0 Å². The number of hydrogen-bond acceptors (Lipinski definition) is 5. The third kappa shape index (κ3) is 3.92. The number of nitrogens with zero attached hydrogens (tertiary/aromatic N) is 4. The van der Waals surface area contributed by atoms with E-state index < -0.39 is 0 Å². The van der Waals surface area contributed by atoms with Crippen LogP contribution in [0.3, 0.4) is 0 Å². The van der Waals surface area contributed by atoms with Gasteiger partial charge in [-0.15, -0.1) is 0 Å². The Morgan fingerprint density at radius 3 is 2.75 bits per heavy atom. The lowest BCUT2D eigenvalue weighted by Gasteiger charge is -2.35. The summed E-state index contributed by atoms with van der Waals surface area (Å²) in [6.45, 7) is 9.67. The van der Waals surface area contributed by atoms with Gasteiger partial charge in [-0.2, -0.15) is 5.26 Å². The molecule has 108 valence electrons. The second kappa shape index (κ2) is 7.22. The molecule has 2 heterocycles. The Morgan fingerprint density at radius 1 is 1.35 bits per heavy atom. The highest BCUT2D eigenvalue weighted by Crippen LogP contribution is 2.17. The number of hydrogen-bond donors (Lipinski definition) is 0. The van der Waals surface area contributed by atoms with Gasteiger partial charge >= 0.3 is 0 Å². The average Bonchev–Trinajstić information content (AvgIpc) is 2.47. The van der Waals surface area contributed by atoms with Crippen molar-refractivity contribution >= 4 is 5.82 Å². The zero-order valence-electron chi connectivity index (χ0n) is 12.2. The molecule has 0 bridgehead atoms. The van der Waals surface area contributed by atoms with E-state index in [1.165, 1.54) is 0 Å². The summed E-state index contributed by atoms with van der Waals surface area (Å²) in [5.74, 6) is 0.813. The number of ether oxygens (including phenoxy) is 1. The molecule has 2 rings (SSSR count).